The van der Waals surface area contributed by atoms with Gasteiger partial charge in [0.05, 0.1) is 19.6 Å². The van der Waals surface area contributed by atoms with Gasteiger partial charge >= 0.3 is 6.01 Å². The molecular formula is C10H18N4O3. The Bertz CT molecular complexity index is 340. The van der Waals surface area contributed by atoms with Gasteiger partial charge in [0.15, 0.2) is 0 Å². The van der Waals surface area contributed by atoms with Gasteiger partial charge in [-0.2, -0.15) is 4.98 Å². The summed E-state index contributed by atoms with van der Waals surface area (Å²) in [5.41, 5.74) is 0. The molecule has 0 fully saturated rings. The molecule has 0 unspecified atom stereocenters. The average molecular weight is 242 g/mol. The molecule has 1 aromatic rings. The maximum Gasteiger partial charge on any atom is 0.337 e. The zero-order chi connectivity index (χ0) is 12.5. The van der Waals surface area contributed by atoms with E-state index in [9.17, 15) is 4.79 Å². The van der Waals surface area contributed by atoms with Gasteiger partial charge in [-0.25, -0.2) is 5.10 Å². The highest BCUT2D eigenvalue weighted by molar-refractivity contribution is 5.88. The second-order valence-corrected chi connectivity index (χ2v) is 3.31. The maximum atomic E-state index is 11.4. The molecule has 0 aliphatic heterocycles. The first-order chi connectivity index (χ1) is 8.26. The quantitative estimate of drug-likeness (QED) is 0.663. The van der Waals surface area contributed by atoms with E-state index >= 15 is 0 Å². The molecule has 0 atom stereocenters. The number of aromatic amines is 1. The Morgan fingerprint density at radius 2 is 2.24 bits per heavy atom. The van der Waals surface area contributed by atoms with Gasteiger partial charge in [-0.3, -0.25) is 10.1 Å². The van der Waals surface area contributed by atoms with Crippen LogP contribution in [0.1, 0.15) is 26.7 Å². The smallest absolute Gasteiger partial charge is 0.337 e. The van der Waals surface area contributed by atoms with Crippen LogP contribution in [-0.4, -0.2) is 40.9 Å². The van der Waals surface area contributed by atoms with E-state index in [1.54, 1.807) is 0 Å². The van der Waals surface area contributed by atoms with Gasteiger partial charge in [-0.15, -0.1) is 5.10 Å². The summed E-state index contributed by atoms with van der Waals surface area (Å²) in [5, 5.41) is 8.90. The van der Waals surface area contributed by atoms with E-state index in [-0.39, 0.29) is 17.9 Å². The third-order valence-corrected chi connectivity index (χ3v) is 1.82. The molecule has 0 bridgehead atoms. The first-order valence-electron chi connectivity index (χ1n) is 5.69. The van der Waals surface area contributed by atoms with Crippen LogP contribution in [0.25, 0.3) is 0 Å². The van der Waals surface area contributed by atoms with Crippen LogP contribution in [0, 0.1) is 0 Å². The topological polar surface area (TPSA) is 89.1 Å². The molecule has 0 aliphatic carbocycles. The van der Waals surface area contributed by atoms with Crippen LogP contribution in [0.2, 0.25) is 0 Å². The molecule has 0 aliphatic rings. The lowest BCUT2D eigenvalue weighted by molar-refractivity contribution is -0.117. The SMILES string of the molecule is CCCOCCC(=O)Nc1nc(OCC)n[nH]1. The molecule has 0 radical (unpaired) electrons. The van der Waals surface area contributed by atoms with Crippen molar-refractivity contribution in [3.8, 4) is 6.01 Å². The number of rotatable bonds is 8. The Morgan fingerprint density at radius 3 is 2.94 bits per heavy atom. The molecule has 1 amide bonds. The summed E-state index contributed by atoms with van der Waals surface area (Å²) in [6.45, 7) is 5.41. The summed E-state index contributed by atoms with van der Waals surface area (Å²) in [7, 11) is 0. The Labute approximate surface area is 99.9 Å². The van der Waals surface area contributed by atoms with E-state index in [0.717, 1.165) is 6.42 Å². The Balaban J connectivity index is 2.24. The minimum absolute atomic E-state index is 0.166. The number of carbonyl (C=O) groups is 1. The van der Waals surface area contributed by atoms with E-state index in [1.807, 2.05) is 13.8 Å². The van der Waals surface area contributed by atoms with Crippen LogP contribution in [0.3, 0.4) is 0 Å². The maximum absolute atomic E-state index is 11.4. The number of hydrogen-bond donors (Lipinski definition) is 2. The van der Waals surface area contributed by atoms with Crippen LogP contribution in [0.5, 0.6) is 6.01 Å². The van der Waals surface area contributed by atoms with E-state index < -0.39 is 0 Å². The fourth-order valence-electron chi connectivity index (χ4n) is 1.10. The lowest BCUT2D eigenvalue weighted by atomic mass is 10.4. The second kappa shape index (κ2) is 7.61. The second-order valence-electron chi connectivity index (χ2n) is 3.31. The van der Waals surface area contributed by atoms with Gasteiger partial charge in [-0.05, 0) is 13.3 Å². The third kappa shape index (κ3) is 5.30. The summed E-state index contributed by atoms with van der Waals surface area (Å²) in [4.78, 5) is 15.3. The number of ether oxygens (including phenoxy) is 2. The monoisotopic (exact) mass is 242 g/mol. The molecule has 1 rings (SSSR count). The molecule has 17 heavy (non-hydrogen) atoms. The Morgan fingerprint density at radius 1 is 1.41 bits per heavy atom. The molecule has 7 nitrogen and oxygen atoms in total. The number of amides is 1. The summed E-state index contributed by atoms with van der Waals surface area (Å²) in [5.74, 6) is 0.120. The van der Waals surface area contributed by atoms with Gasteiger partial charge < -0.3 is 9.47 Å². The molecule has 0 spiro atoms. The van der Waals surface area contributed by atoms with E-state index in [1.165, 1.54) is 0 Å². The molecule has 2 N–H and O–H groups in total. The highest BCUT2D eigenvalue weighted by Gasteiger charge is 2.07. The van der Waals surface area contributed by atoms with Crippen molar-refractivity contribution in [2.75, 3.05) is 25.1 Å². The predicted molar refractivity (Wildman–Crippen MR) is 61.9 cm³/mol. The van der Waals surface area contributed by atoms with Crippen LogP contribution in [0.15, 0.2) is 0 Å². The van der Waals surface area contributed by atoms with Gasteiger partial charge in [0.2, 0.25) is 11.9 Å². The van der Waals surface area contributed by atoms with Crippen molar-refractivity contribution in [1.82, 2.24) is 15.2 Å². The fraction of sp³-hybridized carbons (Fsp3) is 0.700. The normalized spacial score (nSPS) is 10.2. The summed E-state index contributed by atoms with van der Waals surface area (Å²) in [6.07, 6.45) is 1.24. The van der Waals surface area contributed by atoms with Crippen LogP contribution in [-0.2, 0) is 9.53 Å². The summed E-state index contributed by atoms with van der Waals surface area (Å²) < 4.78 is 10.3. The van der Waals surface area contributed by atoms with Crippen LogP contribution < -0.4 is 10.1 Å². The largest absolute Gasteiger partial charge is 0.463 e. The first-order valence-corrected chi connectivity index (χ1v) is 5.69. The van der Waals surface area contributed by atoms with Crippen LogP contribution in [0.4, 0.5) is 5.95 Å². The lowest BCUT2D eigenvalue weighted by Crippen LogP contribution is -2.15. The van der Waals surface area contributed by atoms with E-state index in [0.29, 0.717) is 26.2 Å². The van der Waals surface area contributed by atoms with Crippen molar-refractivity contribution in [3.05, 3.63) is 0 Å². The molecule has 0 saturated heterocycles. The summed E-state index contributed by atoms with van der Waals surface area (Å²) in [6, 6.07) is 0.227. The van der Waals surface area contributed by atoms with Gasteiger partial charge in [-0.1, -0.05) is 6.92 Å². The minimum atomic E-state index is -0.166. The standard InChI is InChI=1S/C10H18N4O3/c1-3-6-16-7-5-8(15)11-9-12-10(14-13-9)17-4-2/h3-7H2,1-2H3,(H2,11,12,13,14,15). The number of anilines is 1. The lowest BCUT2D eigenvalue weighted by Gasteiger charge is -2.02. The van der Waals surface area contributed by atoms with Crippen molar-refractivity contribution in [2.24, 2.45) is 0 Å². The van der Waals surface area contributed by atoms with Gasteiger partial charge in [0, 0.05) is 6.61 Å². The van der Waals surface area contributed by atoms with Crippen molar-refractivity contribution in [1.29, 1.82) is 0 Å². The number of hydrogen-bond acceptors (Lipinski definition) is 5. The fourth-order valence-corrected chi connectivity index (χ4v) is 1.10. The predicted octanol–water partition coefficient (Wildman–Crippen LogP) is 0.959. The molecule has 96 valence electrons. The Hall–Kier alpha value is -1.63. The van der Waals surface area contributed by atoms with Crippen LogP contribution >= 0.6 is 0 Å². The molecule has 1 aromatic heterocycles. The molecule has 7 heteroatoms. The third-order valence-electron chi connectivity index (χ3n) is 1.82. The number of carbonyl (C=O) groups excluding carboxylic acids is 1. The minimum Gasteiger partial charge on any atom is -0.463 e. The highest BCUT2D eigenvalue weighted by Crippen LogP contribution is 2.05. The van der Waals surface area contributed by atoms with Crippen molar-refractivity contribution in [3.63, 3.8) is 0 Å². The zero-order valence-corrected chi connectivity index (χ0v) is 10.2. The average Bonchev–Trinajstić information content (AvgIpc) is 2.73. The number of aromatic nitrogens is 3. The van der Waals surface area contributed by atoms with Crippen molar-refractivity contribution < 1.29 is 14.3 Å². The van der Waals surface area contributed by atoms with Crippen molar-refractivity contribution >= 4 is 11.9 Å². The number of nitrogens with one attached hydrogen (secondary N) is 2. The van der Waals surface area contributed by atoms with Gasteiger partial charge in [0.25, 0.3) is 0 Å². The molecule has 0 aromatic carbocycles. The molecule has 1 heterocycles. The summed E-state index contributed by atoms with van der Waals surface area (Å²) >= 11 is 0. The van der Waals surface area contributed by atoms with Gasteiger partial charge in [0.1, 0.15) is 0 Å². The molecular weight excluding hydrogens is 224 g/mol. The zero-order valence-electron chi connectivity index (χ0n) is 10.2. The van der Waals surface area contributed by atoms with Crippen molar-refractivity contribution in [2.45, 2.75) is 26.7 Å². The van der Waals surface area contributed by atoms with E-state index in [4.69, 9.17) is 9.47 Å². The number of nitrogens with zero attached hydrogens (tertiary/aromatic N) is 2. The first kappa shape index (κ1) is 13.4. The number of H-pyrrole nitrogens is 1. The molecule has 0 saturated carbocycles. The Kier molecular flexibility index (Phi) is 6.02. The highest BCUT2D eigenvalue weighted by atomic mass is 16.5. The van der Waals surface area contributed by atoms with E-state index in [2.05, 4.69) is 20.5 Å².